The molecule has 5 heteroatoms. The largest absolute Gasteiger partial charge is 0.497 e. The van der Waals surface area contributed by atoms with Crippen molar-refractivity contribution >= 4 is 0 Å². The molecule has 0 spiro atoms. The maximum absolute atomic E-state index is 13.2. The van der Waals surface area contributed by atoms with Crippen molar-refractivity contribution in [3.05, 3.63) is 76.3 Å². The van der Waals surface area contributed by atoms with Crippen molar-refractivity contribution in [2.24, 2.45) is 0 Å². The highest BCUT2D eigenvalue weighted by Crippen LogP contribution is 2.31. The summed E-state index contributed by atoms with van der Waals surface area (Å²) in [4.78, 5) is 14.8. The van der Waals surface area contributed by atoms with Gasteiger partial charge in [0.15, 0.2) is 0 Å². The number of methoxy groups -OCH3 is 1. The molecule has 0 amide bonds. The molecule has 0 aliphatic rings. The van der Waals surface area contributed by atoms with Gasteiger partial charge in [0.2, 0.25) is 0 Å². The number of benzene rings is 2. The van der Waals surface area contributed by atoms with Crippen LogP contribution in [0.4, 0.5) is 4.39 Å². The van der Waals surface area contributed by atoms with Gasteiger partial charge in [0.05, 0.1) is 12.8 Å². The first-order chi connectivity index (χ1) is 11.6. The number of H-pyrrole nitrogens is 1. The number of pyridine rings is 1. The molecule has 0 saturated carbocycles. The van der Waals surface area contributed by atoms with Crippen LogP contribution in [0.1, 0.15) is 5.56 Å². The lowest BCUT2D eigenvalue weighted by molar-refractivity contribution is 0.415. The summed E-state index contributed by atoms with van der Waals surface area (Å²) in [7, 11) is 1.57. The van der Waals surface area contributed by atoms with Crippen LogP contribution in [-0.2, 0) is 0 Å². The summed E-state index contributed by atoms with van der Waals surface area (Å²) in [5.41, 5.74) is 2.22. The second-order valence-corrected chi connectivity index (χ2v) is 5.15. The Hall–Kier alpha value is -3.39. The number of rotatable bonds is 3. The smallest absolute Gasteiger partial charge is 0.266 e. The molecular weight excluding hydrogens is 307 g/mol. The first-order valence-corrected chi connectivity index (χ1v) is 7.20. The molecule has 0 fully saturated rings. The monoisotopic (exact) mass is 320 g/mol. The van der Waals surface area contributed by atoms with Crippen molar-refractivity contribution in [3.63, 3.8) is 0 Å². The van der Waals surface area contributed by atoms with E-state index in [2.05, 4.69) is 4.98 Å². The SMILES string of the molecule is COc1ccc(-c2[nH]c(=O)c(C#N)cc2-c2ccc(F)cc2)cc1. The van der Waals surface area contributed by atoms with E-state index in [4.69, 9.17) is 10.00 Å². The number of hydrogen-bond acceptors (Lipinski definition) is 3. The van der Waals surface area contributed by atoms with Crippen molar-refractivity contribution in [1.82, 2.24) is 4.98 Å². The molecule has 0 saturated heterocycles. The van der Waals surface area contributed by atoms with Gasteiger partial charge in [-0.15, -0.1) is 0 Å². The lowest BCUT2D eigenvalue weighted by atomic mass is 9.98. The number of aromatic amines is 1. The van der Waals surface area contributed by atoms with Crippen LogP contribution in [-0.4, -0.2) is 12.1 Å². The molecule has 1 aromatic heterocycles. The molecule has 3 aromatic rings. The van der Waals surface area contributed by atoms with Crippen molar-refractivity contribution in [1.29, 1.82) is 5.26 Å². The molecule has 118 valence electrons. The molecule has 1 heterocycles. The van der Waals surface area contributed by atoms with Crippen LogP contribution < -0.4 is 10.3 Å². The fraction of sp³-hybridized carbons (Fsp3) is 0.0526. The Kier molecular flexibility index (Phi) is 4.13. The Bertz CT molecular complexity index is 968. The third-order valence-corrected chi connectivity index (χ3v) is 3.70. The van der Waals surface area contributed by atoms with Crippen molar-refractivity contribution in [3.8, 4) is 34.2 Å². The van der Waals surface area contributed by atoms with E-state index in [9.17, 15) is 9.18 Å². The molecule has 0 radical (unpaired) electrons. The molecule has 2 aromatic carbocycles. The van der Waals surface area contributed by atoms with Gasteiger partial charge < -0.3 is 9.72 Å². The first kappa shape index (κ1) is 15.5. The normalized spacial score (nSPS) is 10.2. The predicted octanol–water partition coefficient (Wildman–Crippen LogP) is 3.73. The fourth-order valence-electron chi connectivity index (χ4n) is 2.46. The van der Waals surface area contributed by atoms with Gasteiger partial charge in [0.1, 0.15) is 23.2 Å². The summed E-state index contributed by atoms with van der Waals surface area (Å²) < 4.78 is 18.3. The quantitative estimate of drug-likeness (QED) is 0.799. The third-order valence-electron chi connectivity index (χ3n) is 3.70. The zero-order chi connectivity index (χ0) is 17.1. The minimum Gasteiger partial charge on any atom is -0.497 e. The van der Waals surface area contributed by atoms with Crippen molar-refractivity contribution < 1.29 is 9.13 Å². The van der Waals surface area contributed by atoms with Gasteiger partial charge in [-0.05, 0) is 53.6 Å². The average molecular weight is 320 g/mol. The minimum atomic E-state index is -0.464. The van der Waals surface area contributed by atoms with Crippen LogP contribution in [0, 0.1) is 17.1 Å². The van der Waals surface area contributed by atoms with Gasteiger partial charge in [0, 0.05) is 5.56 Å². The number of ether oxygens (including phenoxy) is 1. The number of aromatic nitrogens is 1. The topological polar surface area (TPSA) is 65.9 Å². The summed E-state index contributed by atoms with van der Waals surface area (Å²) in [6.07, 6.45) is 0. The molecule has 0 aliphatic carbocycles. The van der Waals surface area contributed by atoms with Crippen LogP contribution in [0.25, 0.3) is 22.4 Å². The van der Waals surface area contributed by atoms with Gasteiger partial charge in [-0.3, -0.25) is 4.79 Å². The maximum Gasteiger partial charge on any atom is 0.266 e. The number of halogens is 1. The highest BCUT2D eigenvalue weighted by atomic mass is 19.1. The Morgan fingerprint density at radius 1 is 1.04 bits per heavy atom. The van der Waals surface area contributed by atoms with E-state index >= 15 is 0 Å². The number of nitriles is 1. The van der Waals surface area contributed by atoms with Crippen LogP contribution >= 0.6 is 0 Å². The van der Waals surface area contributed by atoms with E-state index in [1.807, 2.05) is 18.2 Å². The molecule has 0 aliphatic heterocycles. The summed E-state index contributed by atoms with van der Waals surface area (Å²) in [5.74, 6) is 0.341. The molecule has 1 N–H and O–H groups in total. The zero-order valence-corrected chi connectivity index (χ0v) is 12.8. The Morgan fingerprint density at radius 2 is 1.67 bits per heavy atom. The summed E-state index contributed by atoms with van der Waals surface area (Å²) in [6, 6.07) is 16.5. The molecule has 3 rings (SSSR count). The van der Waals surface area contributed by atoms with E-state index < -0.39 is 5.56 Å². The second kappa shape index (κ2) is 6.39. The Labute approximate surface area is 137 Å². The van der Waals surface area contributed by atoms with Gasteiger partial charge in [0.25, 0.3) is 5.56 Å². The molecular formula is C19H13FN2O2. The maximum atomic E-state index is 13.2. The van der Waals surface area contributed by atoms with E-state index in [1.165, 1.54) is 18.2 Å². The zero-order valence-electron chi connectivity index (χ0n) is 12.8. The molecule has 0 bridgehead atoms. The van der Waals surface area contributed by atoms with E-state index in [1.54, 1.807) is 31.4 Å². The standard InChI is InChI=1S/C19H13FN2O2/c1-24-16-8-4-13(5-9-16)18-17(10-14(11-21)19(23)22-18)12-2-6-15(20)7-3-12/h2-10H,1H3,(H,22,23). The molecule has 0 unspecified atom stereocenters. The third kappa shape index (κ3) is 2.90. The Morgan fingerprint density at radius 3 is 2.25 bits per heavy atom. The van der Waals surface area contributed by atoms with Gasteiger partial charge >= 0.3 is 0 Å². The van der Waals surface area contributed by atoms with E-state index in [0.717, 1.165) is 5.56 Å². The van der Waals surface area contributed by atoms with Crippen molar-refractivity contribution in [2.45, 2.75) is 0 Å². The van der Waals surface area contributed by atoms with Crippen LogP contribution in [0.3, 0.4) is 0 Å². The van der Waals surface area contributed by atoms with Gasteiger partial charge in [-0.25, -0.2) is 4.39 Å². The number of hydrogen-bond donors (Lipinski definition) is 1. The lowest BCUT2D eigenvalue weighted by Gasteiger charge is -2.11. The molecule has 4 nitrogen and oxygen atoms in total. The molecule has 0 atom stereocenters. The number of nitrogens with zero attached hydrogens (tertiary/aromatic N) is 1. The van der Waals surface area contributed by atoms with Crippen LogP contribution in [0.2, 0.25) is 0 Å². The number of nitrogens with one attached hydrogen (secondary N) is 1. The Balaban J connectivity index is 2.23. The lowest BCUT2D eigenvalue weighted by Crippen LogP contribution is -2.12. The minimum absolute atomic E-state index is 0.00610. The van der Waals surface area contributed by atoms with Gasteiger partial charge in [-0.2, -0.15) is 5.26 Å². The summed E-state index contributed by atoms with van der Waals surface area (Å²) >= 11 is 0. The van der Waals surface area contributed by atoms with E-state index in [-0.39, 0.29) is 11.4 Å². The highest BCUT2D eigenvalue weighted by Gasteiger charge is 2.12. The predicted molar refractivity (Wildman–Crippen MR) is 89.2 cm³/mol. The van der Waals surface area contributed by atoms with Crippen molar-refractivity contribution in [2.75, 3.05) is 7.11 Å². The molecule has 24 heavy (non-hydrogen) atoms. The van der Waals surface area contributed by atoms with Gasteiger partial charge in [-0.1, -0.05) is 12.1 Å². The fourth-order valence-corrected chi connectivity index (χ4v) is 2.46. The van der Waals surface area contributed by atoms with Crippen LogP contribution in [0.15, 0.2) is 59.4 Å². The summed E-state index contributed by atoms with van der Waals surface area (Å²) in [5, 5.41) is 9.12. The van der Waals surface area contributed by atoms with E-state index in [0.29, 0.717) is 22.6 Å². The average Bonchev–Trinajstić information content (AvgIpc) is 2.62. The second-order valence-electron chi connectivity index (χ2n) is 5.15. The first-order valence-electron chi connectivity index (χ1n) is 7.20. The van der Waals surface area contributed by atoms with Crippen LogP contribution in [0.5, 0.6) is 5.75 Å². The highest BCUT2D eigenvalue weighted by molar-refractivity contribution is 5.81. The summed E-state index contributed by atoms with van der Waals surface area (Å²) in [6.45, 7) is 0.